The molecule has 0 saturated heterocycles. The summed E-state index contributed by atoms with van der Waals surface area (Å²) in [4.78, 5) is 12.8. The van der Waals surface area contributed by atoms with Crippen LogP contribution in [-0.4, -0.2) is 5.91 Å². The van der Waals surface area contributed by atoms with Gasteiger partial charge in [0, 0.05) is 16.2 Å². The summed E-state index contributed by atoms with van der Waals surface area (Å²) in [6.45, 7) is 6.01. The highest BCUT2D eigenvalue weighted by Crippen LogP contribution is 2.41. The first kappa shape index (κ1) is 18.2. The first-order valence-electron chi connectivity index (χ1n) is 8.54. The van der Waals surface area contributed by atoms with Crippen LogP contribution in [-0.2, 0) is 4.57 Å². The maximum atomic E-state index is 14.2. The molecule has 1 amide bonds. The third kappa shape index (κ3) is 3.36. The average molecular weight is 363 g/mol. The van der Waals surface area contributed by atoms with Gasteiger partial charge in [0.25, 0.3) is 5.91 Å². The summed E-state index contributed by atoms with van der Waals surface area (Å²) >= 11 is 0. The van der Waals surface area contributed by atoms with Gasteiger partial charge in [0.2, 0.25) is 7.29 Å². The molecule has 0 saturated carbocycles. The van der Waals surface area contributed by atoms with Crippen molar-refractivity contribution >= 4 is 23.8 Å². The summed E-state index contributed by atoms with van der Waals surface area (Å²) < 4.78 is 14.2. The minimum absolute atomic E-state index is 0.338. The van der Waals surface area contributed by atoms with Gasteiger partial charge in [0.1, 0.15) is 0 Å². The van der Waals surface area contributed by atoms with Crippen molar-refractivity contribution in [3.05, 3.63) is 95.1 Å². The van der Waals surface area contributed by atoms with Crippen LogP contribution in [0.5, 0.6) is 0 Å². The fraction of sp³-hybridized carbons (Fsp3) is 0.136. The van der Waals surface area contributed by atoms with E-state index < -0.39 is 7.29 Å². The zero-order chi connectivity index (χ0) is 18.7. The van der Waals surface area contributed by atoms with E-state index in [1.807, 2.05) is 57.2 Å². The molecule has 3 nitrogen and oxygen atoms in total. The molecule has 26 heavy (non-hydrogen) atoms. The number of carbonyl (C=O) groups is 1. The molecule has 3 rings (SSSR count). The Hall–Kier alpha value is -2.64. The molecule has 3 aromatic rings. The van der Waals surface area contributed by atoms with Crippen LogP contribution < -0.4 is 15.7 Å². The zero-order valence-corrected chi connectivity index (χ0v) is 16.1. The molecule has 1 atom stereocenters. The fourth-order valence-corrected chi connectivity index (χ4v) is 5.44. The summed E-state index contributed by atoms with van der Waals surface area (Å²) in [7, 11) is -3.33. The molecule has 0 aliphatic rings. The molecule has 4 heteroatoms. The van der Waals surface area contributed by atoms with Crippen LogP contribution >= 0.6 is 7.29 Å². The number of aryl methyl sites for hydroxylation is 1. The highest BCUT2D eigenvalue weighted by molar-refractivity contribution is 7.77. The molecule has 0 aliphatic carbocycles. The van der Waals surface area contributed by atoms with Gasteiger partial charge in [-0.1, -0.05) is 42.5 Å². The van der Waals surface area contributed by atoms with Crippen LogP contribution in [0.4, 0.5) is 0 Å². The lowest BCUT2D eigenvalue weighted by atomic mass is 10.1. The van der Waals surface area contributed by atoms with Gasteiger partial charge in [-0.05, 0) is 67.8 Å². The SMILES string of the molecule is Cc1ccc(P(=O)(NC(=O)c2ccccc2)c2ccccc2)c(C)c1C. The first-order valence-corrected chi connectivity index (χ1v) is 10.2. The molecule has 0 aromatic heterocycles. The Labute approximate surface area is 154 Å². The Morgan fingerprint density at radius 1 is 0.769 bits per heavy atom. The standard InChI is InChI=1S/C22H22NO2P/c1-16-14-15-21(18(3)17(16)2)26(25,20-12-8-5-9-13-20)23-22(24)19-10-6-4-7-11-19/h4-15H,1-3H3,(H,23,24,25). The van der Waals surface area contributed by atoms with E-state index in [4.69, 9.17) is 0 Å². The third-order valence-corrected chi connectivity index (χ3v) is 7.49. The molecule has 1 N–H and O–H groups in total. The Morgan fingerprint density at radius 2 is 1.35 bits per heavy atom. The van der Waals surface area contributed by atoms with Crippen molar-refractivity contribution < 1.29 is 9.36 Å². The Balaban J connectivity index is 2.14. The minimum atomic E-state index is -3.33. The number of nitrogens with one attached hydrogen (secondary N) is 1. The predicted molar refractivity (Wildman–Crippen MR) is 108 cm³/mol. The van der Waals surface area contributed by atoms with Gasteiger partial charge < -0.3 is 0 Å². The number of hydrogen-bond donors (Lipinski definition) is 1. The Bertz CT molecular complexity index is 982. The van der Waals surface area contributed by atoms with E-state index in [0.717, 1.165) is 16.7 Å². The topological polar surface area (TPSA) is 46.2 Å². The molecular weight excluding hydrogens is 341 g/mol. The van der Waals surface area contributed by atoms with Crippen LogP contribution in [0.1, 0.15) is 27.0 Å². The molecule has 132 valence electrons. The molecular formula is C22H22NO2P. The third-order valence-electron chi connectivity index (χ3n) is 4.78. The van der Waals surface area contributed by atoms with Gasteiger partial charge in [-0.3, -0.25) is 14.4 Å². The average Bonchev–Trinajstić information content (AvgIpc) is 2.67. The normalized spacial score (nSPS) is 13.0. The zero-order valence-electron chi connectivity index (χ0n) is 15.2. The van der Waals surface area contributed by atoms with Gasteiger partial charge in [-0.15, -0.1) is 0 Å². The smallest absolute Gasteiger partial charge is 0.257 e. The Morgan fingerprint density at radius 3 is 1.96 bits per heavy atom. The number of benzene rings is 3. The molecule has 0 radical (unpaired) electrons. The van der Waals surface area contributed by atoms with Crippen LogP contribution in [0.25, 0.3) is 0 Å². The number of amides is 1. The molecule has 0 heterocycles. The Kier molecular flexibility index (Phi) is 5.11. The lowest BCUT2D eigenvalue weighted by Gasteiger charge is -2.23. The van der Waals surface area contributed by atoms with Gasteiger partial charge in [-0.2, -0.15) is 0 Å². The van der Waals surface area contributed by atoms with Crippen molar-refractivity contribution in [2.24, 2.45) is 0 Å². The highest BCUT2D eigenvalue weighted by Gasteiger charge is 2.31. The molecule has 0 spiro atoms. The van der Waals surface area contributed by atoms with Crippen LogP contribution in [0.3, 0.4) is 0 Å². The van der Waals surface area contributed by atoms with Crippen molar-refractivity contribution in [2.75, 3.05) is 0 Å². The lowest BCUT2D eigenvalue weighted by molar-refractivity contribution is 0.0981. The van der Waals surface area contributed by atoms with E-state index in [1.54, 1.807) is 36.4 Å². The second kappa shape index (κ2) is 7.31. The van der Waals surface area contributed by atoms with Crippen molar-refractivity contribution in [2.45, 2.75) is 20.8 Å². The molecule has 0 bridgehead atoms. The summed E-state index contributed by atoms with van der Waals surface area (Å²) in [6, 6.07) is 21.9. The van der Waals surface area contributed by atoms with Gasteiger partial charge in [-0.25, -0.2) is 0 Å². The van der Waals surface area contributed by atoms with E-state index in [-0.39, 0.29) is 5.91 Å². The predicted octanol–water partition coefficient (Wildman–Crippen LogP) is 4.27. The van der Waals surface area contributed by atoms with Crippen LogP contribution in [0, 0.1) is 20.8 Å². The van der Waals surface area contributed by atoms with Crippen molar-refractivity contribution in [3.8, 4) is 0 Å². The summed E-state index contributed by atoms with van der Waals surface area (Å²) in [5.74, 6) is -0.338. The van der Waals surface area contributed by atoms with Gasteiger partial charge in [0.15, 0.2) is 0 Å². The quantitative estimate of drug-likeness (QED) is 0.704. The van der Waals surface area contributed by atoms with Crippen molar-refractivity contribution in [1.29, 1.82) is 0 Å². The monoisotopic (exact) mass is 363 g/mol. The highest BCUT2D eigenvalue weighted by atomic mass is 31.2. The van der Waals surface area contributed by atoms with Crippen molar-refractivity contribution in [1.82, 2.24) is 5.09 Å². The number of carbonyl (C=O) groups excluding carboxylic acids is 1. The van der Waals surface area contributed by atoms with E-state index in [1.165, 1.54) is 0 Å². The van der Waals surface area contributed by atoms with E-state index in [9.17, 15) is 9.36 Å². The second-order valence-corrected chi connectivity index (χ2v) is 8.84. The maximum Gasteiger partial charge on any atom is 0.257 e. The van der Waals surface area contributed by atoms with E-state index in [2.05, 4.69) is 5.09 Å². The lowest BCUT2D eigenvalue weighted by Crippen LogP contribution is -2.33. The van der Waals surface area contributed by atoms with E-state index >= 15 is 0 Å². The second-order valence-electron chi connectivity index (χ2n) is 6.40. The first-order chi connectivity index (χ1) is 12.4. The maximum absolute atomic E-state index is 14.2. The van der Waals surface area contributed by atoms with Crippen LogP contribution in [0.2, 0.25) is 0 Å². The molecule has 0 fully saturated rings. The summed E-state index contributed by atoms with van der Waals surface area (Å²) in [6.07, 6.45) is 0. The largest absolute Gasteiger partial charge is 0.296 e. The molecule has 1 unspecified atom stereocenters. The van der Waals surface area contributed by atoms with Crippen molar-refractivity contribution in [3.63, 3.8) is 0 Å². The van der Waals surface area contributed by atoms with Crippen LogP contribution in [0.15, 0.2) is 72.8 Å². The fourth-order valence-electron chi connectivity index (χ4n) is 2.98. The molecule has 3 aromatic carbocycles. The van der Waals surface area contributed by atoms with Gasteiger partial charge >= 0.3 is 0 Å². The summed E-state index contributed by atoms with van der Waals surface area (Å²) in [5, 5.41) is 4.14. The van der Waals surface area contributed by atoms with E-state index in [0.29, 0.717) is 16.2 Å². The minimum Gasteiger partial charge on any atom is -0.296 e. The molecule has 0 aliphatic heterocycles. The number of rotatable bonds is 4. The van der Waals surface area contributed by atoms with Gasteiger partial charge in [0.05, 0.1) is 0 Å². The number of hydrogen-bond acceptors (Lipinski definition) is 2. The summed E-state index contributed by atoms with van der Waals surface area (Å²) in [5.41, 5.74) is 3.67.